The fourth-order valence-electron chi connectivity index (χ4n) is 2.10. The van der Waals surface area contributed by atoms with Crippen molar-refractivity contribution in [2.45, 2.75) is 45.6 Å². The van der Waals surface area contributed by atoms with Crippen LogP contribution in [0.4, 0.5) is 0 Å². The first-order valence-corrected chi connectivity index (χ1v) is 4.98. The highest BCUT2D eigenvalue weighted by Gasteiger charge is 2.22. The van der Waals surface area contributed by atoms with Gasteiger partial charge in [0.25, 0.3) is 0 Å². The molecule has 1 aliphatic heterocycles. The Bertz CT molecular complexity index is 111. The van der Waals surface area contributed by atoms with Crippen LogP contribution in [0.5, 0.6) is 0 Å². The fourth-order valence-corrected chi connectivity index (χ4v) is 2.10. The summed E-state index contributed by atoms with van der Waals surface area (Å²) in [5.41, 5.74) is 0. The van der Waals surface area contributed by atoms with E-state index in [2.05, 4.69) is 25.8 Å². The van der Waals surface area contributed by atoms with Crippen molar-refractivity contribution in [3.05, 3.63) is 0 Å². The summed E-state index contributed by atoms with van der Waals surface area (Å²) in [4.78, 5) is 2.52. The first kappa shape index (κ1) is 9.05. The van der Waals surface area contributed by atoms with Crippen molar-refractivity contribution in [3.8, 4) is 0 Å². The molecule has 1 nitrogen and oxygen atoms in total. The Labute approximate surface area is 70.8 Å². The molecule has 0 aromatic heterocycles. The van der Waals surface area contributed by atoms with E-state index in [1.54, 1.807) is 0 Å². The fraction of sp³-hybridized carbons (Fsp3) is 1.00. The highest BCUT2D eigenvalue weighted by atomic mass is 15.1. The summed E-state index contributed by atoms with van der Waals surface area (Å²) in [5, 5.41) is 0. The molecule has 0 aromatic rings. The number of piperidine rings is 1. The monoisotopic (exact) mass is 155 g/mol. The van der Waals surface area contributed by atoms with E-state index in [0.29, 0.717) is 0 Å². The zero-order valence-electron chi connectivity index (χ0n) is 8.14. The molecule has 1 aliphatic rings. The van der Waals surface area contributed by atoms with Gasteiger partial charge in [-0.05, 0) is 38.8 Å². The van der Waals surface area contributed by atoms with Crippen LogP contribution >= 0.6 is 0 Å². The standard InChI is InChI=1S/C10H21N/c1-4-9-6-7-11(3)10(5-2)8-9/h9-10H,4-8H2,1-3H3/t9-,10+/m1/s1. The number of nitrogens with zero attached hydrogens (tertiary/aromatic N) is 1. The van der Waals surface area contributed by atoms with Crippen LogP contribution in [-0.2, 0) is 0 Å². The first-order chi connectivity index (χ1) is 5.27. The Morgan fingerprint density at radius 3 is 2.55 bits per heavy atom. The van der Waals surface area contributed by atoms with Crippen molar-refractivity contribution in [3.63, 3.8) is 0 Å². The van der Waals surface area contributed by atoms with Gasteiger partial charge in [0.05, 0.1) is 0 Å². The smallest absolute Gasteiger partial charge is 0.00922 e. The summed E-state index contributed by atoms with van der Waals surface area (Å²) >= 11 is 0. The molecule has 1 rings (SSSR count). The second-order valence-corrected chi connectivity index (χ2v) is 3.84. The molecule has 0 radical (unpaired) electrons. The molecule has 0 unspecified atom stereocenters. The van der Waals surface area contributed by atoms with Gasteiger partial charge in [-0.3, -0.25) is 0 Å². The molecule has 1 heteroatoms. The minimum absolute atomic E-state index is 0.869. The SMILES string of the molecule is CC[C@@H]1CCN(C)[C@@H](CC)C1. The van der Waals surface area contributed by atoms with E-state index < -0.39 is 0 Å². The molecule has 11 heavy (non-hydrogen) atoms. The van der Waals surface area contributed by atoms with E-state index in [1.807, 2.05) is 0 Å². The molecule has 66 valence electrons. The predicted octanol–water partition coefficient (Wildman–Crippen LogP) is 2.52. The largest absolute Gasteiger partial charge is 0.303 e. The first-order valence-electron chi connectivity index (χ1n) is 4.98. The van der Waals surface area contributed by atoms with Gasteiger partial charge >= 0.3 is 0 Å². The summed E-state index contributed by atoms with van der Waals surface area (Å²) < 4.78 is 0. The van der Waals surface area contributed by atoms with Crippen molar-refractivity contribution < 1.29 is 0 Å². The van der Waals surface area contributed by atoms with Crippen LogP contribution in [0, 0.1) is 5.92 Å². The average molecular weight is 155 g/mol. The van der Waals surface area contributed by atoms with E-state index in [4.69, 9.17) is 0 Å². The second-order valence-electron chi connectivity index (χ2n) is 3.84. The normalized spacial score (nSPS) is 34.1. The maximum absolute atomic E-state index is 2.52. The number of likely N-dealkylation sites (tertiary alicyclic amines) is 1. The highest BCUT2D eigenvalue weighted by molar-refractivity contribution is 4.77. The maximum atomic E-state index is 2.52. The van der Waals surface area contributed by atoms with Crippen LogP contribution in [0.1, 0.15) is 39.5 Å². The lowest BCUT2D eigenvalue weighted by atomic mass is 9.88. The van der Waals surface area contributed by atoms with Crippen molar-refractivity contribution in [2.75, 3.05) is 13.6 Å². The lowest BCUT2D eigenvalue weighted by Crippen LogP contribution is -2.39. The van der Waals surface area contributed by atoms with Crippen LogP contribution in [0.25, 0.3) is 0 Å². The molecule has 0 spiro atoms. The van der Waals surface area contributed by atoms with Gasteiger partial charge in [-0.1, -0.05) is 20.3 Å². The van der Waals surface area contributed by atoms with Crippen molar-refractivity contribution in [2.24, 2.45) is 5.92 Å². The van der Waals surface area contributed by atoms with Gasteiger partial charge in [0.1, 0.15) is 0 Å². The molecule has 0 saturated carbocycles. The average Bonchev–Trinajstić information content (AvgIpc) is 2.05. The van der Waals surface area contributed by atoms with Gasteiger partial charge in [0, 0.05) is 6.04 Å². The third-order valence-electron chi connectivity index (χ3n) is 3.17. The molecule has 0 aromatic carbocycles. The van der Waals surface area contributed by atoms with E-state index in [0.717, 1.165) is 12.0 Å². The topological polar surface area (TPSA) is 3.24 Å². The molecule has 2 atom stereocenters. The molecular formula is C10H21N. The van der Waals surface area contributed by atoms with Crippen LogP contribution in [0.2, 0.25) is 0 Å². The number of hydrogen-bond acceptors (Lipinski definition) is 1. The van der Waals surface area contributed by atoms with E-state index in [1.165, 1.54) is 32.2 Å². The second kappa shape index (κ2) is 4.10. The summed E-state index contributed by atoms with van der Waals surface area (Å²) in [6, 6.07) is 0.869. The van der Waals surface area contributed by atoms with Crippen LogP contribution < -0.4 is 0 Å². The van der Waals surface area contributed by atoms with Crippen molar-refractivity contribution in [1.29, 1.82) is 0 Å². The maximum Gasteiger partial charge on any atom is 0.00922 e. The van der Waals surface area contributed by atoms with Crippen molar-refractivity contribution in [1.82, 2.24) is 4.90 Å². The Morgan fingerprint density at radius 1 is 1.27 bits per heavy atom. The zero-order valence-corrected chi connectivity index (χ0v) is 8.14. The molecule has 1 heterocycles. The molecule has 0 amide bonds. The number of hydrogen-bond donors (Lipinski definition) is 0. The number of rotatable bonds is 2. The molecule has 0 aliphatic carbocycles. The zero-order chi connectivity index (χ0) is 8.27. The lowest BCUT2D eigenvalue weighted by Gasteiger charge is -2.36. The molecular weight excluding hydrogens is 134 g/mol. The minimum atomic E-state index is 0.869. The third kappa shape index (κ3) is 2.19. The van der Waals surface area contributed by atoms with Gasteiger partial charge in [-0.25, -0.2) is 0 Å². The van der Waals surface area contributed by atoms with Crippen LogP contribution in [0.3, 0.4) is 0 Å². The highest BCUT2D eigenvalue weighted by Crippen LogP contribution is 2.25. The minimum Gasteiger partial charge on any atom is -0.303 e. The summed E-state index contributed by atoms with van der Waals surface area (Å²) in [6.45, 7) is 5.94. The van der Waals surface area contributed by atoms with Crippen molar-refractivity contribution >= 4 is 0 Å². The van der Waals surface area contributed by atoms with E-state index in [-0.39, 0.29) is 0 Å². The van der Waals surface area contributed by atoms with Crippen LogP contribution in [0.15, 0.2) is 0 Å². The Balaban J connectivity index is 2.37. The Kier molecular flexibility index (Phi) is 3.38. The van der Waals surface area contributed by atoms with Gasteiger partial charge in [-0.15, -0.1) is 0 Å². The molecule has 0 N–H and O–H groups in total. The summed E-state index contributed by atoms with van der Waals surface area (Å²) in [7, 11) is 2.26. The Hall–Kier alpha value is -0.0400. The van der Waals surface area contributed by atoms with E-state index in [9.17, 15) is 0 Å². The quantitative estimate of drug-likeness (QED) is 0.592. The van der Waals surface area contributed by atoms with E-state index >= 15 is 0 Å². The van der Waals surface area contributed by atoms with Crippen LogP contribution in [-0.4, -0.2) is 24.5 Å². The molecule has 0 bridgehead atoms. The molecule has 1 saturated heterocycles. The Morgan fingerprint density at radius 2 is 2.00 bits per heavy atom. The van der Waals surface area contributed by atoms with Gasteiger partial charge < -0.3 is 4.90 Å². The third-order valence-corrected chi connectivity index (χ3v) is 3.17. The lowest BCUT2D eigenvalue weighted by molar-refractivity contribution is 0.136. The summed E-state index contributed by atoms with van der Waals surface area (Å²) in [5.74, 6) is 1.01. The van der Waals surface area contributed by atoms with Gasteiger partial charge in [-0.2, -0.15) is 0 Å². The predicted molar refractivity (Wildman–Crippen MR) is 49.7 cm³/mol. The molecule has 1 fully saturated rings. The van der Waals surface area contributed by atoms with Gasteiger partial charge in [0.2, 0.25) is 0 Å². The van der Waals surface area contributed by atoms with Gasteiger partial charge in [0.15, 0.2) is 0 Å². The summed E-state index contributed by atoms with van der Waals surface area (Å²) in [6.07, 6.45) is 5.56.